The van der Waals surface area contributed by atoms with Crippen molar-refractivity contribution in [3.05, 3.63) is 0 Å². The lowest BCUT2D eigenvalue weighted by atomic mass is 9.90. The largest absolute Gasteiger partial charge is 0.481 e. The second-order valence-corrected chi connectivity index (χ2v) is 4.29. The lowest BCUT2D eigenvalue weighted by Crippen LogP contribution is -2.20. The molecule has 0 rings (SSSR count). The summed E-state index contributed by atoms with van der Waals surface area (Å²) in [5, 5.41) is 26.8. The zero-order valence-electron chi connectivity index (χ0n) is 9.52. The van der Waals surface area contributed by atoms with Crippen molar-refractivity contribution in [1.29, 1.82) is 0 Å². The zero-order valence-corrected chi connectivity index (χ0v) is 9.52. The second kappa shape index (κ2) is 7.65. The van der Waals surface area contributed by atoms with E-state index in [0.29, 0.717) is 25.7 Å². The van der Waals surface area contributed by atoms with Crippen molar-refractivity contribution in [3.8, 4) is 0 Å². The molecule has 0 aromatic carbocycles. The maximum absolute atomic E-state index is 10.8. The Balaban J connectivity index is 3.76. The number of carboxylic acid groups (broad SMARTS) is 1. The fourth-order valence-corrected chi connectivity index (χ4v) is 1.61. The maximum Gasteiger partial charge on any atom is 0.306 e. The van der Waals surface area contributed by atoms with Gasteiger partial charge in [0.2, 0.25) is 0 Å². The maximum atomic E-state index is 10.8. The van der Waals surface area contributed by atoms with Crippen molar-refractivity contribution in [1.82, 2.24) is 0 Å². The first-order valence-corrected chi connectivity index (χ1v) is 5.50. The molecule has 2 unspecified atom stereocenters. The van der Waals surface area contributed by atoms with E-state index >= 15 is 0 Å². The van der Waals surface area contributed by atoms with Crippen LogP contribution in [0.25, 0.3) is 0 Å². The molecule has 0 fully saturated rings. The van der Waals surface area contributed by atoms with E-state index in [1.165, 1.54) is 0 Å². The summed E-state index contributed by atoms with van der Waals surface area (Å²) in [6, 6.07) is 0. The van der Waals surface area contributed by atoms with Gasteiger partial charge in [0.05, 0.1) is 12.0 Å². The molecule has 2 atom stereocenters. The Morgan fingerprint density at radius 1 is 1.20 bits per heavy atom. The summed E-state index contributed by atoms with van der Waals surface area (Å²) < 4.78 is 0. The fraction of sp³-hybridized carbons (Fsp3) is 0.909. The van der Waals surface area contributed by atoms with E-state index in [1.807, 2.05) is 13.8 Å². The van der Waals surface area contributed by atoms with Gasteiger partial charge in [-0.2, -0.15) is 0 Å². The number of aliphatic hydroxyl groups is 2. The molecule has 3 N–H and O–H groups in total. The van der Waals surface area contributed by atoms with Crippen molar-refractivity contribution in [3.63, 3.8) is 0 Å². The van der Waals surface area contributed by atoms with Crippen LogP contribution in [0, 0.1) is 11.8 Å². The summed E-state index contributed by atoms with van der Waals surface area (Å²) in [6.07, 6.45) is 1.72. The molecule has 0 aliphatic carbocycles. The highest BCUT2D eigenvalue weighted by Crippen LogP contribution is 2.19. The normalized spacial score (nSPS) is 15.3. The summed E-state index contributed by atoms with van der Waals surface area (Å²) in [6.45, 7) is 3.76. The van der Waals surface area contributed by atoms with Gasteiger partial charge in [-0.05, 0) is 25.2 Å². The second-order valence-electron chi connectivity index (χ2n) is 4.29. The molecule has 0 bridgehead atoms. The molecule has 0 aliphatic rings. The highest BCUT2D eigenvalue weighted by atomic mass is 16.4. The van der Waals surface area contributed by atoms with Crippen LogP contribution in [0.1, 0.15) is 39.5 Å². The first-order chi connectivity index (χ1) is 6.99. The molecule has 0 aliphatic heterocycles. The minimum absolute atomic E-state index is 0.0201. The molecular weight excluding hydrogens is 196 g/mol. The van der Waals surface area contributed by atoms with Crippen molar-refractivity contribution in [2.75, 3.05) is 6.61 Å². The van der Waals surface area contributed by atoms with Crippen LogP contribution < -0.4 is 0 Å². The van der Waals surface area contributed by atoms with Gasteiger partial charge in [0.15, 0.2) is 0 Å². The summed E-state index contributed by atoms with van der Waals surface area (Å²) in [5.74, 6) is -0.967. The average molecular weight is 218 g/mol. The lowest BCUT2D eigenvalue weighted by Gasteiger charge is -2.16. The van der Waals surface area contributed by atoms with Crippen molar-refractivity contribution >= 4 is 5.97 Å². The predicted octanol–water partition coefficient (Wildman–Crippen LogP) is 1.26. The van der Waals surface area contributed by atoms with Crippen LogP contribution in [0.4, 0.5) is 0 Å². The molecule has 0 amide bonds. The Hall–Kier alpha value is -0.610. The average Bonchev–Trinajstić information content (AvgIpc) is 2.11. The minimum Gasteiger partial charge on any atom is -0.481 e. The fourth-order valence-electron chi connectivity index (χ4n) is 1.61. The van der Waals surface area contributed by atoms with Crippen LogP contribution >= 0.6 is 0 Å². The molecule has 0 saturated carbocycles. The Morgan fingerprint density at radius 3 is 2.20 bits per heavy atom. The third-order valence-corrected chi connectivity index (χ3v) is 2.64. The highest BCUT2D eigenvalue weighted by Gasteiger charge is 2.20. The minimum atomic E-state index is -0.762. The predicted molar refractivity (Wildman–Crippen MR) is 57.5 cm³/mol. The lowest BCUT2D eigenvalue weighted by molar-refractivity contribution is -0.143. The summed E-state index contributed by atoms with van der Waals surface area (Å²) in [4.78, 5) is 10.8. The Kier molecular flexibility index (Phi) is 7.34. The molecule has 0 aromatic rings. The molecule has 90 valence electrons. The van der Waals surface area contributed by atoms with Gasteiger partial charge in [0.1, 0.15) is 0 Å². The van der Waals surface area contributed by atoms with Crippen LogP contribution in [-0.4, -0.2) is 34.0 Å². The van der Waals surface area contributed by atoms with E-state index < -0.39 is 12.1 Å². The van der Waals surface area contributed by atoms with Gasteiger partial charge >= 0.3 is 5.97 Å². The van der Waals surface area contributed by atoms with E-state index in [0.717, 1.165) is 0 Å². The van der Waals surface area contributed by atoms with Crippen LogP contribution in [0.5, 0.6) is 0 Å². The molecule has 0 aromatic heterocycles. The molecule has 4 heteroatoms. The molecule has 0 heterocycles. The summed E-state index contributed by atoms with van der Waals surface area (Å²) >= 11 is 0. The number of hydrogen-bond acceptors (Lipinski definition) is 3. The first kappa shape index (κ1) is 14.4. The van der Waals surface area contributed by atoms with Gasteiger partial charge in [0, 0.05) is 6.61 Å². The van der Waals surface area contributed by atoms with Crippen LogP contribution in [0.15, 0.2) is 0 Å². The molecule has 0 spiro atoms. The molecule has 0 radical (unpaired) electrons. The van der Waals surface area contributed by atoms with Crippen molar-refractivity contribution < 1.29 is 20.1 Å². The van der Waals surface area contributed by atoms with Gasteiger partial charge < -0.3 is 15.3 Å². The van der Waals surface area contributed by atoms with Crippen molar-refractivity contribution in [2.45, 2.75) is 45.6 Å². The zero-order chi connectivity index (χ0) is 11.8. The van der Waals surface area contributed by atoms with Gasteiger partial charge in [0.25, 0.3) is 0 Å². The number of carboxylic acids is 1. The highest BCUT2D eigenvalue weighted by molar-refractivity contribution is 5.70. The third kappa shape index (κ3) is 6.47. The van der Waals surface area contributed by atoms with E-state index in [-0.39, 0.29) is 18.4 Å². The van der Waals surface area contributed by atoms with E-state index in [4.69, 9.17) is 10.2 Å². The van der Waals surface area contributed by atoms with Gasteiger partial charge in [-0.25, -0.2) is 0 Å². The van der Waals surface area contributed by atoms with Crippen LogP contribution in [0.3, 0.4) is 0 Å². The number of rotatable bonds is 8. The smallest absolute Gasteiger partial charge is 0.306 e. The Labute approximate surface area is 90.9 Å². The molecular formula is C11H22O4. The third-order valence-electron chi connectivity index (χ3n) is 2.64. The standard InChI is InChI=1S/C11H22O4/c1-8(2)10(11(14)15)5-3-4-9(13)6-7-12/h8-10,12-13H,3-7H2,1-2H3,(H,14,15). The van der Waals surface area contributed by atoms with Gasteiger partial charge in [-0.15, -0.1) is 0 Å². The quantitative estimate of drug-likeness (QED) is 0.573. The van der Waals surface area contributed by atoms with Gasteiger partial charge in [-0.3, -0.25) is 4.79 Å². The monoisotopic (exact) mass is 218 g/mol. The molecule has 0 saturated heterocycles. The summed E-state index contributed by atoms with van der Waals surface area (Å²) in [7, 11) is 0. The SMILES string of the molecule is CC(C)C(CCCC(O)CCO)C(=O)O. The van der Waals surface area contributed by atoms with Crippen molar-refractivity contribution in [2.24, 2.45) is 11.8 Å². The van der Waals surface area contributed by atoms with E-state index in [2.05, 4.69) is 0 Å². The number of carbonyl (C=O) groups is 1. The van der Waals surface area contributed by atoms with Crippen LogP contribution in [-0.2, 0) is 4.79 Å². The summed E-state index contributed by atoms with van der Waals surface area (Å²) in [5.41, 5.74) is 0. The topological polar surface area (TPSA) is 77.8 Å². The molecule has 4 nitrogen and oxygen atoms in total. The Morgan fingerprint density at radius 2 is 1.80 bits per heavy atom. The van der Waals surface area contributed by atoms with E-state index in [9.17, 15) is 9.90 Å². The number of hydrogen-bond donors (Lipinski definition) is 3. The first-order valence-electron chi connectivity index (χ1n) is 5.50. The number of aliphatic hydroxyl groups excluding tert-OH is 2. The number of aliphatic carboxylic acids is 1. The Bertz CT molecular complexity index is 179. The van der Waals surface area contributed by atoms with E-state index in [1.54, 1.807) is 0 Å². The van der Waals surface area contributed by atoms with Gasteiger partial charge in [-0.1, -0.05) is 20.3 Å². The van der Waals surface area contributed by atoms with Crippen LogP contribution in [0.2, 0.25) is 0 Å². The molecule has 15 heavy (non-hydrogen) atoms.